The molecule has 0 unspecified atom stereocenters. The van der Waals surface area contributed by atoms with E-state index in [9.17, 15) is 4.79 Å². The average molecular weight is 370 g/mol. The van der Waals surface area contributed by atoms with Gasteiger partial charge in [0.25, 0.3) is 5.91 Å². The van der Waals surface area contributed by atoms with Crippen molar-refractivity contribution in [3.05, 3.63) is 88.2 Å². The number of hydrogen-bond donors (Lipinski definition) is 1. The number of rotatable bonds is 4. The van der Waals surface area contributed by atoms with Gasteiger partial charge in [-0.1, -0.05) is 29.3 Å². The topological polar surface area (TPSA) is 54.4 Å². The van der Waals surface area contributed by atoms with Crippen molar-refractivity contribution in [2.24, 2.45) is 4.99 Å². The van der Waals surface area contributed by atoms with E-state index in [0.717, 1.165) is 11.3 Å². The maximum Gasteiger partial charge on any atom is 0.257 e. The van der Waals surface area contributed by atoms with E-state index in [1.807, 2.05) is 24.3 Å². The van der Waals surface area contributed by atoms with Crippen molar-refractivity contribution < 1.29 is 4.79 Å². The SMILES string of the molecule is O=C(Nc1cccc(N=Cc2ccncc2)c1)c1ccc(Cl)cc1Cl. The predicted molar refractivity (Wildman–Crippen MR) is 102 cm³/mol. The molecule has 0 saturated heterocycles. The Labute approximate surface area is 155 Å². The second kappa shape index (κ2) is 7.92. The molecule has 3 rings (SSSR count). The Hall–Kier alpha value is -2.69. The molecule has 0 atom stereocenters. The van der Waals surface area contributed by atoms with E-state index in [0.29, 0.717) is 21.3 Å². The molecule has 4 nitrogen and oxygen atoms in total. The van der Waals surface area contributed by atoms with Crippen LogP contribution in [-0.2, 0) is 0 Å². The molecular weight excluding hydrogens is 357 g/mol. The summed E-state index contributed by atoms with van der Waals surface area (Å²) in [6, 6.07) is 15.7. The van der Waals surface area contributed by atoms with Gasteiger partial charge < -0.3 is 5.32 Å². The fraction of sp³-hybridized carbons (Fsp3) is 0. The second-order valence-electron chi connectivity index (χ2n) is 5.17. The lowest BCUT2D eigenvalue weighted by atomic mass is 10.2. The van der Waals surface area contributed by atoms with Crippen LogP contribution in [0.3, 0.4) is 0 Å². The molecule has 0 aliphatic carbocycles. The van der Waals surface area contributed by atoms with Gasteiger partial charge >= 0.3 is 0 Å². The number of benzene rings is 2. The minimum Gasteiger partial charge on any atom is -0.322 e. The number of amides is 1. The van der Waals surface area contributed by atoms with Crippen molar-refractivity contribution in [3.63, 3.8) is 0 Å². The Kier molecular flexibility index (Phi) is 5.43. The molecule has 1 heterocycles. The van der Waals surface area contributed by atoms with Crippen molar-refractivity contribution in [1.29, 1.82) is 0 Å². The fourth-order valence-electron chi connectivity index (χ4n) is 2.13. The lowest BCUT2D eigenvalue weighted by Gasteiger charge is -2.07. The maximum absolute atomic E-state index is 12.4. The van der Waals surface area contributed by atoms with Crippen molar-refractivity contribution >= 4 is 46.7 Å². The van der Waals surface area contributed by atoms with Gasteiger partial charge in [-0.05, 0) is 54.1 Å². The summed E-state index contributed by atoms with van der Waals surface area (Å²) in [4.78, 5) is 20.7. The third-order valence-electron chi connectivity index (χ3n) is 3.35. The largest absolute Gasteiger partial charge is 0.322 e. The van der Waals surface area contributed by atoms with E-state index in [1.165, 1.54) is 6.07 Å². The molecule has 0 spiro atoms. The zero-order valence-corrected chi connectivity index (χ0v) is 14.5. The molecule has 2 aromatic carbocycles. The van der Waals surface area contributed by atoms with E-state index >= 15 is 0 Å². The maximum atomic E-state index is 12.4. The van der Waals surface area contributed by atoms with Crippen LogP contribution in [0.2, 0.25) is 10.0 Å². The third kappa shape index (κ3) is 4.66. The van der Waals surface area contributed by atoms with E-state index in [1.54, 1.807) is 42.9 Å². The van der Waals surface area contributed by atoms with Crippen LogP contribution in [0, 0.1) is 0 Å². The molecule has 0 aliphatic rings. The Morgan fingerprint density at radius 3 is 2.60 bits per heavy atom. The summed E-state index contributed by atoms with van der Waals surface area (Å²) in [6.45, 7) is 0. The summed E-state index contributed by atoms with van der Waals surface area (Å²) in [5.41, 5.74) is 2.64. The minimum absolute atomic E-state index is 0.303. The van der Waals surface area contributed by atoms with Crippen LogP contribution < -0.4 is 5.32 Å². The molecule has 0 bridgehead atoms. The number of pyridine rings is 1. The van der Waals surface area contributed by atoms with Gasteiger partial charge in [-0.2, -0.15) is 0 Å². The molecule has 6 heteroatoms. The molecule has 0 radical (unpaired) electrons. The summed E-state index contributed by atoms with van der Waals surface area (Å²) in [6.07, 6.45) is 5.14. The molecule has 124 valence electrons. The number of nitrogens with zero attached hydrogens (tertiary/aromatic N) is 2. The van der Waals surface area contributed by atoms with Gasteiger partial charge in [-0.3, -0.25) is 14.8 Å². The van der Waals surface area contributed by atoms with Crippen molar-refractivity contribution in [2.45, 2.75) is 0 Å². The Balaban J connectivity index is 1.75. The zero-order valence-electron chi connectivity index (χ0n) is 13.0. The predicted octanol–water partition coefficient (Wildman–Crippen LogP) is 5.39. The summed E-state index contributed by atoms with van der Waals surface area (Å²) in [5, 5.41) is 3.59. The van der Waals surface area contributed by atoms with Crippen molar-refractivity contribution in [1.82, 2.24) is 4.98 Å². The van der Waals surface area contributed by atoms with Gasteiger partial charge in [-0.15, -0.1) is 0 Å². The van der Waals surface area contributed by atoms with Crippen molar-refractivity contribution in [2.75, 3.05) is 5.32 Å². The monoisotopic (exact) mass is 369 g/mol. The highest BCUT2D eigenvalue weighted by atomic mass is 35.5. The number of aromatic nitrogens is 1. The summed E-state index contributed by atoms with van der Waals surface area (Å²) in [5.74, 6) is -0.308. The molecule has 3 aromatic rings. The number of anilines is 1. The van der Waals surface area contributed by atoms with E-state index < -0.39 is 0 Å². The molecule has 0 aliphatic heterocycles. The highest BCUT2D eigenvalue weighted by Crippen LogP contribution is 2.23. The summed E-state index contributed by atoms with van der Waals surface area (Å²) in [7, 11) is 0. The van der Waals surface area contributed by atoms with Crippen molar-refractivity contribution in [3.8, 4) is 0 Å². The molecule has 0 saturated carbocycles. The molecule has 1 amide bonds. The second-order valence-corrected chi connectivity index (χ2v) is 6.01. The molecular formula is C19H13Cl2N3O. The van der Waals surface area contributed by atoms with Gasteiger partial charge in [0, 0.05) is 29.3 Å². The first-order chi connectivity index (χ1) is 12.1. The number of carbonyl (C=O) groups excluding carboxylic acids is 1. The quantitative estimate of drug-likeness (QED) is 0.626. The fourth-order valence-corrected chi connectivity index (χ4v) is 2.63. The average Bonchev–Trinajstić information content (AvgIpc) is 2.61. The first-order valence-electron chi connectivity index (χ1n) is 7.42. The highest BCUT2D eigenvalue weighted by molar-refractivity contribution is 6.37. The first kappa shape index (κ1) is 17.1. The van der Waals surface area contributed by atoms with Crippen LogP contribution in [-0.4, -0.2) is 17.1 Å². The van der Waals surface area contributed by atoms with Gasteiger partial charge in [0.15, 0.2) is 0 Å². The zero-order chi connectivity index (χ0) is 17.6. The Morgan fingerprint density at radius 2 is 1.84 bits per heavy atom. The van der Waals surface area contributed by atoms with Crippen LogP contribution in [0.25, 0.3) is 0 Å². The number of carbonyl (C=O) groups is 1. The van der Waals surface area contributed by atoms with E-state index in [-0.39, 0.29) is 5.91 Å². The number of hydrogen-bond acceptors (Lipinski definition) is 3. The van der Waals surface area contributed by atoms with E-state index in [4.69, 9.17) is 23.2 Å². The molecule has 0 fully saturated rings. The van der Waals surface area contributed by atoms with Gasteiger partial charge in [0.1, 0.15) is 0 Å². The van der Waals surface area contributed by atoms with Gasteiger partial charge in [0.05, 0.1) is 16.3 Å². The van der Waals surface area contributed by atoms with Gasteiger partial charge in [0.2, 0.25) is 0 Å². The smallest absolute Gasteiger partial charge is 0.257 e. The summed E-state index contributed by atoms with van der Waals surface area (Å²) < 4.78 is 0. The molecule has 25 heavy (non-hydrogen) atoms. The number of aliphatic imine (C=N–C) groups is 1. The van der Waals surface area contributed by atoms with E-state index in [2.05, 4.69) is 15.3 Å². The first-order valence-corrected chi connectivity index (χ1v) is 8.18. The van der Waals surface area contributed by atoms with Crippen LogP contribution in [0.1, 0.15) is 15.9 Å². The minimum atomic E-state index is -0.308. The van der Waals surface area contributed by atoms with Crippen LogP contribution in [0.5, 0.6) is 0 Å². The highest BCUT2D eigenvalue weighted by Gasteiger charge is 2.11. The van der Waals surface area contributed by atoms with Crippen LogP contribution in [0.4, 0.5) is 11.4 Å². The Morgan fingerprint density at radius 1 is 1.04 bits per heavy atom. The van der Waals surface area contributed by atoms with Gasteiger partial charge in [-0.25, -0.2) is 0 Å². The van der Waals surface area contributed by atoms with Crippen LogP contribution in [0.15, 0.2) is 72.0 Å². The lowest BCUT2D eigenvalue weighted by molar-refractivity contribution is 0.102. The molecule has 1 N–H and O–H groups in total. The Bertz CT molecular complexity index is 927. The molecule has 1 aromatic heterocycles. The lowest BCUT2D eigenvalue weighted by Crippen LogP contribution is -2.12. The van der Waals surface area contributed by atoms with Crippen LogP contribution >= 0.6 is 23.2 Å². The number of nitrogens with one attached hydrogen (secondary N) is 1. The third-order valence-corrected chi connectivity index (χ3v) is 3.90. The number of halogens is 2. The standard InChI is InChI=1S/C19H13Cl2N3O/c20-14-4-5-17(18(21)10-14)19(25)24-16-3-1-2-15(11-16)23-12-13-6-8-22-9-7-13/h1-12H,(H,24,25). The summed E-state index contributed by atoms with van der Waals surface area (Å²) >= 11 is 11.9. The normalized spacial score (nSPS) is 10.8.